The largest absolute Gasteiger partial charge is 0.370 e. The van der Waals surface area contributed by atoms with Crippen LogP contribution in [0.25, 0.3) is 0 Å². The Kier molecular flexibility index (Phi) is 7.09. The van der Waals surface area contributed by atoms with Crippen LogP contribution in [0.3, 0.4) is 0 Å². The molecule has 0 spiro atoms. The first-order valence-electron chi connectivity index (χ1n) is 10.3. The van der Waals surface area contributed by atoms with Crippen LogP contribution >= 0.6 is 0 Å². The molecule has 0 unspecified atom stereocenters. The van der Waals surface area contributed by atoms with Gasteiger partial charge in [0.2, 0.25) is 5.91 Å². The Morgan fingerprint density at radius 1 is 1.19 bits per heavy atom. The van der Waals surface area contributed by atoms with Crippen LogP contribution in [0.4, 0.5) is 11.6 Å². The Hall–Kier alpha value is -1.85. The summed E-state index contributed by atoms with van der Waals surface area (Å²) in [7, 11) is 0. The van der Waals surface area contributed by atoms with E-state index in [9.17, 15) is 4.79 Å². The Labute approximate surface area is 157 Å². The summed E-state index contributed by atoms with van der Waals surface area (Å²) in [5, 5.41) is 3.33. The Balaban J connectivity index is 1.50. The summed E-state index contributed by atoms with van der Waals surface area (Å²) in [4.78, 5) is 25.6. The van der Waals surface area contributed by atoms with Gasteiger partial charge in [-0.05, 0) is 50.9 Å². The van der Waals surface area contributed by atoms with Crippen molar-refractivity contribution in [3.8, 4) is 0 Å². The maximum atomic E-state index is 12.4. The standard InChI is InChI=1S/C20H33N5O/c1-2-10-21-18-14-19(23-16-22-18)25-13-6-7-17(15-25)8-9-20(26)24-11-4-3-5-12-24/h14,16-17H,2-13,15H2,1H3,(H,21,22,23)/t17-/m0/s1. The summed E-state index contributed by atoms with van der Waals surface area (Å²) in [6, 6.07) is 2.05. The minimum atomic E-state index is 0.356. The van der Waals surface area contributed by atoms with Gasteiger partial charge in [0, 0.05) is 45.2 Å². The molecule has 2 aliphatic rings. The lowest BCUT2D eigenvalue weighted by Gasteiger charge is -2.34. The average molecular weight is 360 g/mol. The van der Waals surface area contributed by atoms with Crippen LogP contribution in [0.5, 0.6) is 0 Å². The monoisotopic (exact) mass is 359 g/mol. The first-order chi connectivity index (χ1) is 12.8. The number of hydrogen-bond acceptors (Lipinski definition) is 5. The summed E-state index contributed by atoms with van der Waals surface area (Å²) in [5.74, 6) is 2.85. The molecule has 2 fully saturated rings. The number of nitrogens with zero attached hydrogens (tertiary/aromatic N) is 4. The van der Waals surface area contributed by atoms with Crippen LogP contribution in [0, 0.1) is 5.92 Å². The molecule has 144 valence electrons. The molecule has 26 heavy (non-hydrogen) atoms. The van der Waals surface area contributed by atoms with Crippen molar-refractivity contribution in [2.45, 2.75) is 58.3 Å². The summed E-state index contributed by atoms with van der Waals surface area (Å²) in [6.07, 6.45) is 10.4. The molecular weight excluding hydrogens is 326 g/mol. The van der Waals surface area contributed by atoms with Gasteiger partial charge in [-0.25, -0.2) is 9.97 Å². The molecule has 0 aliphatic carbocycles. The molecule has 6 heteroatoms. The van der Waals surface area contributed by atoms with Gasteiger partial charge in [0.25, 0.3) is 0 Å². The van der Waals surface area contributed by atoms with Crippen LogP contribution in [0.1, 0.15) is 58.3 Å². The van der Waals surface area contributed by atoms with Crippen molar-refractivity contribution in [3.05, 3.63) is 12.4 Å². The minimum Gasteiger partial charge on any atom is -0.370 e. The number of carbonyl (C=O) groups excluding carboxylic acids is 1. The van der Waals surface area contributed by atoms with Gasteiger partial charge >= 0.3 is 0 Å². The van der Waals surface area contributed by atoms with Crippen molar-refractivity contribution in [1.29, 1.82) is 0 Å². The topological polar surface area (TPSA) is 61.4 Å². The van der Waals surface area contributed by atoms with Gasteiger partial charge in [-0.2, -0.15) is 0 Å². The van der Waals surface area contributed by atoms with Gasteiger partial charge < -0.3 is 15.1 Å². The quantitative estimate of drug-likeness (QED) is 0.809. The van der Waals surface area contributed by atoms with E-state index >= 15 is 0 Å². The molecule has 0 saturated carbocycles. The van der Waals surface area contributed by atoms with Gasteiger partial charge in [0.05, 0.1) is 0 Å². The number of amides is 1. The Morgan fingerprint density at radius 2 is 2.04 bits per heavy atom. The van der Waals surface area contributed by atoms with Crippen molar-refractivity contribution in [2.24, 2.45) is 5.92 Å². The first-order valence-corrected chi connectivity index (χ1v) is 10.3. The van der Waals surface area contributed by atoms with Crippen molar-refractivity contribution in [2.75, 3.05) is 42.9 Å². The molecule has 1 amide bonds. The molecule has 1 aromatic heterocycles. The minimum absolute atomic E-state index is 0.356. The number of aromatic nitrogens is 2. The van der Waals surface area contributed by atoms with E-state index in [1.165, 1.54) is 32.1 Å². The van der Waals surface area contributed by atoms with Crippen LogP contribution in [0.15, 0.2) is 12.4 Å². The van der Waals surface area contributed by atoms with E-state index in [-0.39, 0.29) is 0 Å². The molecule has 0 aromatic carbocycles. The third-order valence-corrected chi connectivity index (χ3v) is 5.53. The number of likely N-dealkylation sites (tertiary alicyclic amines) is 1. The highest BCUT2D eigenvalue weighted by molar-refractivity contribution is 5.76. The van der Waals surface area contributed by atoms with Gasteiger partial charge in [0.1, 0.15) is 18.0 Å². The van der Waals surface area contributed by atoms with Crippen molar-refractivity contribution >= 4 is 17.5 Å². The predicted molar refractivity (Wildman–Crippen MR) is 105 cm³/mol. The molecule has 0 radical (unpaired) electrons. The second-order valence-corrected chi connectivity index (χ2v) is 7.62. The van der Waals surface area contributed by atoms with Crippen LogP contribution in [-0.4, -0.2) is 53.5 Å². The number of hydrogen-bond donors (Lipinski definition) is 1. The third-order valence-electron chi connectivity index (χ3n) is 5.53. The number of carbonyl (C=O) groups is 1. The Bertz CT molecular complexity index is 573. The zero-order valence-corrected chi connectivity index (χ0v) is 16.1. The normalized spacial score (nSPS) is 20.9. The van der Waals surface area contributed by atoms with Crippen molar-refractivity contribution < 1.29 is 4.79 Å². The molecule has 2 saturated heterocycles. The van der Waals surface area contributed by atoms with E-state index in [0.29, 0.717) is 18.2 Å². The molecule has 1 atom stereocenters. The van der Waals surface area contributed by atoms with E-state index in [0.717, 1.165) is 57.2 Å². The zero-order chi connectivity index (χ0) is 18.2. The van der Waals surface area contributed by atoms with Gasteiger partial charge in [-0.3, -0.25) is 4.79 Å². The maximum absolute atomic E-state index is 12.4. The average Bonchev–Trinajstić information content (AvgIpc) is 2.71. The molecule has 2 aliphatic heterocycles. The molecule has 1 aromatic rings. The van der Waals surface area contributed by atoms with Gasteiger partial charge in [-0.15, -0.1) is 0 Å². The summed E-state index contributed by atoms with van der Waals surface area (Å²) in [6.45, 7) is 7.04. The summed E-state index contributed by atoms with van der Waals surface area (Å²) < 4.78 is 0. The van der Waals surface area contributed by atoms with Crippen LogP contribution in [0.2, 0.25) is 0 Å². The van der Waals surface area contributed by atoms with E-state index in [4.69, 9.17) is 0 Å². The number of piperidine rings is 2. The SMILES string of the molecule is CCCNc1cc(N2CCC[C@@H](CCC(=O)N3CCCCC3)C2)ncn1. The predicted octanol–water partition coefficient (Wildman–Crippen LogP) is 3.31. The maximum Gasteiger partial charge on any atom is 0.222 e. The highest BCUT2D eigenvalue weighted by atomic mass is 16.2. The molecule has 3 heterocycles. The Morgan fingerprint density at radius 3 is 2.85 bits per heavy atom. The van der Waals surface area contributed by atoms with E-state index in [1.807, 2.05) is 0 Å². The molecule has 3 rings (SSSR count). The number of rotatable bonds is 7. The number of nitrogens with one attached hydrogen (secondary N) is 1. The lowest BCUT2D eigenvalue weighted by molar-refractivity contribution is -0.132. The van der Waals surface area contributed by atoms with Crippen molar-refractivity contribution in [1.82, 2.24) is 14.9 Å². The smallest absolute Gasteiger partial charge is 0.222 e. The highest BCUT2D eigenvalue weighted by Gasteiger charge is 2.23. The summed E-state index contributed by atoms with van der Waals surface area (Å²) in [5.41, 5.74) is 0. The molecule has 6 nitrogen and oxygen atoms in total. The second-order valence-electron chi connectivity index (χ2n) is 7.62. The fourth-order valence-electron chi connectivity index (χ4n) is 4.01. The van der Waals surface area contributed by atoms with E-state index in [1.54, 1.807) is 6.33 Å². The fraction of sp³-hybridized carbons (Fsp3) is 0.750. The van der Waals surface area contributed by atoms with Gasteiger partial charge in [0.15, 0.2) is 0 Å². The second kappa shape index (κ2) is 9.74. The van der Waals surface area contributed by atoms with Crippen LogP contribution < -0.4 is 10.2 Å². The van der Waals surface area contributed by atoms with Gasteiger partial charge in [-0.1, -0.05) is 6.92 Å². The van der Waals surface area contributed by atoms with E-state index in [2.05, 4.69) is 38.1 Å². The van der Waals surface area contributed by atoms with Crippen molar-refractivity contribution in [3.63, 3.8) is 0 Å². The molecule has 1 N–H and O–H groups in total. The van der Waals surface area contributed by atoms with Crippen LogP contribution in [-0.2, 0) is 4.79 Å². The lowest BCUT2D eigenvalue weighted by Crippen LogP contribution is -2.38. The lowest BCUT2D eigenvalue weighted by atomic mass is 9.93. The highest BCUT2D eigenvalue weighted by Crippen LogP contribution is 2.26. The zero-order valence-electron chi connectivity index (χ0n) is 16.1. The third kappa shape index (κ3) is 5.32. The molecule has 0 bridgehead atoms. The first kappa shape index (κ1) is 18.9. The van der Waals surface area contributed by atoms with E-state index < -0.39 is 0 Å². The summed E-state index contributed by atoms with van der Waals surface area (Å²) >= 11 is 0. The number of anilines is 2. The fourth-order valence-corrected chi connectivity index (χ4v) is 4.01. The molecular formula is C20H33N5O.